The second-order valence-corrected chi connectivity index (χ2v) is 4.30. The second-order valence-electron chi connectivity index (χ2n) is 4.30. The molecule has 3 N–H and O–H groups in total. The van der Waals surface area contributed by atoms with Gasteiger partial charge in [0.15, 0.2) is 0 Å². The zero-order valence-corrected chi connectivity index (χ0v) is 8.92. The quantitative estimate of drug-likeness (QED) is 0.587. The lowest BCUT2D eigenvalue weighted by Gasteiger charge is -2.40. The van der Waals surface area contributed by atoms with E-state index >= 15 is 0 Å². The van der Waals surface area contributed by atoms with Crippen LogP contribution in [-0.4, -0.2) is 45.8 Å². The summed E-state index contributed by atoms with van der Waals surface area (Å²) in [6.45, 7) is 5.24. The monoisotopic (exact) mass is 204 g/mol. The summed E-state index contributed by atoms with van der Waals surface area (Å²) in [5.41, 5.74) is 0. The molecule has 4 heteroatoms. The highest BCUT2D eigenvalue weighted by Gasteiger charge is 2.40. The number of aliphatic hydroxyl groups is 3. The van der Waals surface area contributed by atoms with Crippen molar-refractivity contribution in [3.05, 3.63) is 0 Å². The van der Waals surface area contributed by atoms with Crippen LogP contribution in [0.15, 0.2) is 0 Å². The van der Waals surface area contributed by atoms with Crippen molar-refractivity contribution in [3.63, 3.8) is 0 Å². The first kappa shape index (κ1) is 11.9. The molecule has 1 aliphatic rings. The Morgan fingerprint density at radius 1 is 1.21 bits per heavy atom. The minimum absolute atomic E-state index is 0.206. The second kappa shape index (κ2) is 4.57. The largest absolute Gasteiger partial charge is 0.393 e. The van der Waals surface area contributed by atoms with Crippen molar-refractivity contribution in [3.8, 4) is 0 Å². The van der Waals surface area contributed by atoms with Crippen LogP contribution in [0.1, 0.15) is 27.2 Å². The number of hydrogen-bond acceptors (Lipinski definition) is 4. The van der Waals surface area contributed by atoms with E-state index in [1.807, 2.05) is 0 Å². The molecule has 0 aromatic heterocycles. The molecule has 1 unspecified atom stereocenters. The molecule has 0 aromatic carbocycles. The Morgan fingerprint density at radius 3 is 2.29 bits per heavy atom. The van der Waals surface area contributed by atoms with Crippen LogP contribution in [0.3, 0.4) is 0 Å². The smallest absolute Gasteiger partial charge is 0.0867 e. The van der Waals surface area contributed by atoms with Crippen molar-refractivity contribution in [1.29, 1.82) is 0 Å². The maximum atomic E-state index is 9.78. The first-order valence-electron chi connectivity index (χ1n) is 5.13. The molecule has 14 heavy (non-hydrogen) atoms. The average Bonchev–Trinajstić information content (AvgIpc) is 2.10. The van der Waals surface area contributed by atoms with Gasteiger partial charge in [-0.25, -0.2) is 0 Å². The molecule has 0 amide bonds. The molecule has 1 aliphatic heterocycles. The lowest BCUT2D eigenvalue weighted by Crippen LogP contribution is -2.52. The van der Waals surface area contributed by atoms with Crippen molar-refractivity contribution >= 4 is 0 Å². The predicted octanol–water partition coefficient (Wildman–Crippen LogP) is -0.0975. The van der Waals surface area contributed by atoms with E-state index < -0.39 is 18.3 Å². The van der Waals surface area contributed by atoms with Crippen LogP contribution in [0, 0.1) is 5.92 Å². The first-order valence-corrected chi connectivity index (χ1v) is 5.13. The van der Waals surface area contributed by atoms with Gasteiger partial charge in [-0.05, 0) is 13.8 Å². The number of hydrogen-bond donors (Lipinski definition) is 3. The van der Waals surface area contributed by atoms with E-state index in [0.717, 1.165) is 0 Å². The lowest BCUT2D eigenvalue weighted by atomic mass is 9.86. The fourth-order valence-electron chi connectivity index (χ4n) is 1.94. The third-order valence-electron chi connectivity index (χ3n) is 2.90. The highest BCUT2D eigenvalue weighted by atomic mass is 16.5. The van der Waals surface area contributed by atoms with Crippen molar-refractivity contribution in [1.82, 2.24) is 0 Å². The molecule has 1 rings (SSSR count). The zero-order valence-electron chi connectivity index (χ0n) is 8.92. The van der Waals surface area contributed by atoms with Gasteiger partial charge in [-0.3, -0.25) is 0 Å². The van der Waals surface area contributed by atoms with E-state index in [2.05, 4.69) is 0 Å². The van der Waals surface area contributed by atoms with Crippen LogP contribution in [0.5, 0.6) is 0 Å². The maximum Gasteiger partial charge on any atom is 0.0867 e. The lowest BCUT2D eigenvalue weighted by molar-refractivity contribution is -0.196. The van der Waals surface area contributed by atoms with Gasteiger partial charge >= 0.3 is 0 Å². The molecule has 1 saturated heterocycles. The molecule has 4 nitrogen and oxygen atoms in total. The summed E-state index contributed by atoms with van der Waals surface area (Å²) < 4.78 is 5.43. The van der Waals surface area contributed by atoms with E-state index in [4.69, 9.17) is 4.74 Å². The normalized spacial score (nSPS) is 46.3. The van der Waals surface area contributed by atoms with E-state index in [-0.39, 0.29) is 18.1 Å². The molecule has 1 fully saturated rings. The molecular weight excluding hydrogens is 184 g/mol. The van der Waals surface area contributed by atoms with Gasteiger partial charge in [0.05, 0.1) is 30.5 Å². The fourth-order valence-corrected chi connectivity index (χ4v) is 1.94. The van der Waals surface area contributed by atoms with Gasteiger partial charge in [0, 0.05) is 12.3 Å². The van der Waals surface area contributed by atoms with Gasteiger partial charge in [-0.15, -0.1) is 0 Å². The fraction of sp³-hybridized carbons (Fsp3) is 1.00. The topological polar surface area (TPSA) is 69.9 Å². The summed E-state index contributed by atoms with van der Waals surface area (Å²) in [6, 6.07) is 0. The Labute approximate surface area is 84.5 Å². The third kappa shape index (κ3) is 2.45. The van der Waals surface area contributed by atoms with E-state index in [0.29, 0.717) is 6.42 Å². The Balaban J connectivity index is 2.60. The Hall–Kier alpha value is -0.160. The Morgan fingerprint density at radius 2 is 1.79 bits per heavy atom. The molecule has 0 bridgehead atoms. The molecule has 0 radical (unpaired) electrons. The van der Waals surface area contributed by atoms with Crippen molar-refractivity contribution in [2.75, 3.05) is 0 Å². The maximum absolute atomic E-state index is 9.78. The third-order valence-corrected chi connectivity index (χ3v) is 2.90. The van der Waals surface area contributed by atoms with Gasteiger partial charge in [0.25, 0.3) is 0 Å². The number of ether oxygens (including phenoxy) is 1. The summed E-state index contributed by atoms with van der Waals surface area (Å²) in [4.78, 5) is 0. The van der Waals surface area contributed by atoms with Crippen molar-refractivity contribution < 1.29 is 20.1 Å². The molecule has 0 spiro atoms. The molecule has 1 heterocycles. The van der Waals surface area contributed by atoms with Gasteiger partial charge in [-0.1, -0.05) is 6.92 Å². The van der Waals surface area contributed by atoms with Gasteiger partial charge in [0.2, 0.25) is 0 Å². The van der Waals surface area contributed by atoms with E-state index in [1.54, 1.807) is 20.8 Å². The molecule has 0 aromatic rings. The summed E-state index contributed by atoms with van der Waals surface area (Å²) in [5, 5.41) is 28.6. The van der Waals surface area contributed by atoms with Crippen LogP contribution in [0.2, 0.25) is 0 Å². The number of aliphatic hydroxyl groups excluding tert-OH is 3. The van der Waals surface area contributed by atoms with Crippen LogP contribution < -0.4 is 0 Å². The van der Waals surface area contributed by atoms with Crippen LogP contribution in [0.4, 0.5) is 0 Å². The van der Waals surface area contributed by atoms with Crippen LogP contribution in [0.25, 0.3) is 0 Å². The molecule has 6 atom stereocenters. The minimum atomic E-state index is -0.698. The van der Waals surface area contributed by atoms with E-state index in [9.17, 15) is 15.3 Å². The van der Waals surface area contributed by atoms with Gasteiger partial charge < -0.3 is 20.1 Å². The summed E-state index contributed by atoms with van der Waals surface area (Å²) in [5.74, 6) is -0.206. The summed E-state index contributed by atoms with van der Waals surface area (Å²) >= 11 is 0. The highest BCUT2D eigenvalue weighted by molar-refractivity contribution is 4.88. The highest BCUT2D eigenvalue weighted by Crippen LogP contribution is 2.27. The summed E-state index contributed by atoms with van der Waals surface area (Å²) in [6.07, 6.45) is -2.07. The van der Waals surface area contributed by atoms with Crippen molar-refractivity contribution in [2.45, 2.75) is 57.7 Å². The van der Waals surface area contributed by atoms with Crippen LogP contribution >= 0.6 is 0 Å². The standard InChI is InChI=1S/C10H20O4/c1-5(11)4-8-10(13)6(2)9(12)7(3)14-8/h5-13H,4H2,1-3H3/t5?,6-,7+,8+,9+,10+/m1/s1. The first-order chi connectivity index (χ1) is 6.43. The average molecular weight is 204 g/mol. The number of rotatable bonds is 2. The molecule has 84 valence electrons. The summed E-state index contributed by atoms with van der Waals surface area (Å²) in [7, 11) is 0. The molecular formula is C10H20O4. The zero-order chi connectivity index (χ0) is 10.9. The van der Waals surface area contributed by atoms with Gasteiger partial charge in [0.1, 0.15) is 0 Å². The molecule has 0 saturated carbocycles. The molecule has 0 aliphatic carbocycles. The minimum Gasteiger partial charge on any atom is -0.393 e. The van der Waals surface area contributed by atoms with Crippen molar-refractivity contribution in [2.24, 2.45) is 5.92 Å². The van der Waals surface area contributed by atoms with E-state index in [1.165, 1.54) is 0 Å². The van der Waals surface area contributed by atoms with Crippen LogP contribution in [-0.2, 0) is 4.74 Å². The Kier molecular flexibility index (Phi) is 3.89. The SMILES string of the molecule is CC(O)C[C@@H]1O[C@@H](C)[C@@H](O)[C@@H](C)[C@@H]1O. The van der Waals surface area contributed by atoms with Gasteiger partial charge in [-0.2, -0.15) is 0 Å². The Bertz CT molecular complexity index is 183. The predicted molar refractivity (Wildman–Crippen MR) is 51.8 cm³/mol.